The highest BCUT2D eigenvalue weighted by Gasteiger charge is 2.16. The summed E-state index contributed by atoms with van der Waals surface area (Å²) < 4.78 is 11.2. The van der Waals surface area contributed by atoms with Crippen LogP contribution in [0, 0.1) is 0 Å². The van der Waals surface area contributed by atoms with Crippen molar-refractivity contribution in [3.63, 3.8) is 0 Å². The number of nitrogens with one attached hydrogen (secondary N) is 1. The number of pyridine rings is 1. The van der Waals surface area contributed by atoms with Gasteiger partial charge in [-0.2, -0.15) is 0 Å². The fourth-order valence-electron chi connectivity index (χ4n) is 1.91. The number of nitrogens with zero attached hydrogens (tertiary/aromatic N) is 1. The number of fused-ring (bicyclic) bond motifs is 1. The molecule has 0 bridgehead atoms. The number of anilines is 1. The second-order valence-corrected chi connectivity index (χ2v) is 5.10. The summed E-state index contributed by atoms with van der Waals surface area (Å²) in [4.78, 5) is 16.4. The molecule has 102 valence electrons. The Bertz CT molecular complexity index is 700. The number of aromatic nitrogens is 1. The van der Waals surface area contributed by atoms with E-state index >= 15 is 0 Å². The van der Waals surface area contributed by atoms with E-state index in [0.717, 1.165) is 15.4 Å². The molecule has 0 spiro atoms. The number of para-hydroxylation sites is 1. The average Bonchev–Trinajstić information content (AvgIpc) is 2.48. The van der Waals surface area contributed by atoms with Crippen LogP contribution in [0.2, 0.25) is 0 Å². The monoisotopic (exact) mass is 334 g/mol. The predicted molar refractivity (Wildman–Crippen MR) is 78.1 cm³/mol. The molecule has 2 aromatic rings. The molecule has 1 aromatic carbocycles. The molecule has 6 heteroatoms. The third-order valence-corrected chi connectivity index (χ3v) is 3.23. The SMILES string of the molecule is O=C(Nc1cccc2cc(Br)cnc12)C1=COCCO1. The molecule has 2 heterocycles. The lowest BCUT2D eigenvalue weighted by Crippen LogP contribution is -2.21. The van der Waals surface area contributed by atoms with E-state index < -0.39 is 0 Å². The lowest BCUT2D eigenvalue weighted by atomic mass is 10.2. The molecule has 0 saturated carbocycles. The zero-order chi connectivity index (χ0) is 13.9. The molecule has 0 atom stereocenters. The van der Waals surface area contributed by atoms with Gasteiger partial charge in [0.25, 0.3) is 5.91 Å². The summed E-state index contributed by atoms with van der Waals surface area (Å²) in [5.74, 6) is -0.174. The molecule has 0 unspecified atom stereocenters. The maximum absolute atomic E-state index is 12.1. The topological polar surface area (TPSA) is 60.5 Å². The quantitative estimate of drug-likeness (QED) is 0.917. The Labute approximate surface area is 123 Å². The van der Waals surface area contributed by atoms with E-state index in [0.29, 0.717) is 18.9 Å². The maximum Gasteiger partial charge on any atom is 0.294 e. The molecule has 0 radical (unpaired) electrons. The largest absolute Gasteiger partial charge is 0.494 e. The lowest BCUT2D eigenvalue weighted by molar-refractivity contribution is -0.117. The van der Waals surface area contributed by atoms with Gasteiger partial charge in [-0.25, -0.2) is 0 Å². The molecular formula is C14H11BrN2O3. The summed E-state index contributed by atoms with van der Waals surface area (Å²) in [6.45, 7) is 0.834. The van der Waals surface area contributed by atoms with Crippen molar-refractivity contribution in [1.29, 1.82) is 0 Å². The zero-order valence-corrected chi connectivity index (χ0v) is 12.0. The minimum absolute atomic E-state index is 0.172. The molecule has 5 nitrogen and oxygen atoms in total. The third kappa shape index (κ3) is 2.60. The maximum atomic E-state index is 12.1. The Morgan fingerprint density at radius 2 is 2.25 bits per heavy atom. The second-order valence-electron chi connectivity index (χ2n) is 4.19. The standard InChI is InChI=1S/C14H11BrN2O3/c15-10-6-9-2-1-3-11(13(9)16-7-10)17-14(18)12-8-19-4-5-20-12/h1-3,6-8H,4-5H2,(H,17,18). The fourth-order valence-corrected chi connectivity index (χ4v) is 2.26. The van der Waals surface area contributed by atoms with Gasteiger partial charge in [-0.15, -0.1) is 0 Å². The van der Waals surface area contributed by atoms with Crippen LogP contribution in [0.4, 0.5) is 5.69 Å². The molecule has 1 aliphatic rings. The van der Waals surface area contributed by atoms with Crippen molar-refractivity contribution in [3.05, 3.63) is 47.0 Å². The van der Waals surface area contributed by atoms with Crippen molar-refractivity contribution >= 4 is 38.4 Å². The van der Waals surface area contributed by atoms with Gasteiger partial charge in [0.15, 0.2) is 0 Å². The van der Waals surface area contributed by atoms with Crippen LogP contribution < -0.4 is 5.32 Å². The number of carbonyl (C=O) groups excluding carboxylic acids is 1. The number of carbonyl (C=O) groups is 1. The Hall–Kier alpha value is -2.08. The highest BCUT2D eigenvalue weighted by Crippen LogP contribution is 2.24. The van der Waals surface area contributed by atoms with Crippen molar-refractivity contribution in [2.24, 2.45) is 0 Å². The van der Waals surface area contributed by atoms with Gasteiger partial charge in [0.2, 0.25) is 5.76 Å². The first-order chi connectivity index (χ1) is 9.74. The zero-order valence-electron chi connectivity index (χ0n) is 10.4. The highest BCUT2D eigenvalue weighted by atomic mass is 79.9. The number of rotatable bonds is 2. The summed E-state index contributed by atoms with van der Waals surface area (Å²) in [5.41, 5.74) is 1.36. The average molecular weight is 335 g/mol. The van der Waals surface area contributed by atoms with Crippen molar-refractivity contribution in [1.82, 2.24) is 4.98 Å². The van der Waals surface area contributed by atoms with Crippen LogP contribution in [0.3, 0.4) is 0 Å². The first-order valence-corrected chi connectivity index (χ1v) is 6.83. The molecule has 0 fully saturated rings. The van der Waals surface area contributed by atoms with E-state index in [1.54, 1.807) is 12.3 Å². The van der Waals surface area contributed by atoms with Crippen molar-refractivity contribution in [2.45, 2.75) is 0 Å². The fraction of sp³-hybridized carbons (Fsp3) is 0.143. The van der Waals surface area contributed by atoms with Crippen molar-refractivity contribution < 1.29 is 14.3 Å². The minimum atomic E-state index is -0.345. The van der Waals surface area contributed by atoms with E-state index in [2.05, 4.69) is 26.2 Å². The highest BCUT2D eigenvalue weighted by molar-refractivity contribution is 9.10. The summed E-state index contributed by atoms with van der Waals surface area (Å²) in [7, 11) is 0. The normalized spacial score (nSPS) is 14.2. The minimum Gasteiger partial charge on any atom is -0.494 e. The van der Waals surface area contributed by atoms with Crippen molar-refractivity contribution in [2.75, 3.05) is 18.5 Å². The molecule has 0 saturated heterocycles. The Balaban J connectivity index is 1.91. The van der Waals surface area contributed by atoms with Crippen LogP contribution in [-0.2, 0) is 14.3 Å². The van der Waals surface area contributed by atoms with Crippen molar-refractivity contribution in [3.8, 4) is 0 Å². The van der Waals surface area contributed by atoms with Gasteiger partial charge in [0, 0.05) is 16.1 Å². The predicted octanol–water partition coefficient (Wildman–Crippen LogP) is 2.82. The van der Waals surface area contributed by atoms with Crippen LogP contribution in [0.15, 0.2) is 47.0 Å². The van der Waals surface area contributed by atoms with Gasteiger partial charge in [-0.3, -0.25) is 9.78 Å². The van der Waals surface area contributed by atoms with E-state index in [1.165, 1.54) is 6.26 Å². The Kier molecular flexibility index (Phi) is 3.56. The Morgan fingerprint density at radius 3 is 3.05 bits per heavy atom. The van der Waals surface area contributed by atoms with Gasteiger partial charge in [0.05, 0.1) is 11.2 Å². The van der Waals surface area contributed by atoms with Crippen LogP contribution in [-0.4, -0.2) is 24.1 Å². The summed E-state index contributed by atoms with van der Waals surface area (Å²) >= 11 is 3.37. The molecule has 20 heavy (non-hydrogen) atoms. The van der Waals surface area contributed by atoms with E-state index in [-0.39, 0.29) is 11.7 Å². The van der Waals surface area contributed by atoms with Gasteiger partial charge < -0.3 is 14.8 Å². The van der Waals surface area contributed by atoms with Crippen LogP contribution in [0.25, 0.3) is 10.9 Å². The molecule has 1 aromatic heterocycles. The number of hydrogen-bond acceptors (Lipinski definition) is 4. The third-order valence-electron chi connectivity index (χ3n) is 2.80. The first kappa shape index (κ1) is 12.9. The van der Waals surface area contributed by atoms with Gasteiger partial charge >= 0.3 is 0 Å². The molecule has 3 rings (SSSR count). The van der Waals surface area contributed by atoms with E-state index in [9.17, 15) is 4.79 Å². The lowest BCUT2D eigenvalue weighted by Gasteiger charge is -2.15. The van der Waals surface area contributed by atoms with Gasteiger partial charge in [0.1, 0.15) is 19.5 Å². The summed E-state index contributed by atoms with van der Waals surface area (Å²) in [6.07, 6.45) is 3.02. The summed E-state index contributed by atoms with van der Waals surface area (Å²) in [6, 6.07) is 7.53. The molecule has 1 aliphatic heterocycles. The Morgan fingerprint density at radius 1 is 1.35 bits per heavy atom. The molecular weight excluding hydrogens is 324 g/mol. The molecule has 1 amide bonds. The number of amides is 1. The van der Waals surface area contributed by atoms with Gasteiger partial charge in [-0.1, -0.05) is 12.1 Å². The smallest absolute Gasteiger partial charge is 0.294 e. The van der Waals surface area contributed by atoms with E-state index in [4.69, 9.17) is 9.47 Å². The number of halogens is 1. The van der Waals surface area contributed by atoms with Crippen LogP contribution in [0.1, 0.15) is 0 Å². The number of hydrogen-bond donors (Lipinski definition) is 1. The first-order valence-electron chi connectivity index (χ1n) is 6.04. The molecule has 1 N–H and O–H groups in total. The molecule has 0 aliphatic carbocycles. The van der Waals surface area contributed by atoms with E-state index in [1.807, 2.05) is 18.2 Å². The summed E-state index contributed by atoms with van der Waals surface area (Å²) in [5, 5.41) is 3.72. The number of benzene rings is 1. The van der Waals surface area contributed by atoms with Crippen LogP contribution >= 0.6 is 15.9 Å². The van der Waals surface area contributed by atoms with Gasteiger partial charge in [-0.05, 0) is 28.1 Å². The second kappa shape index (κ2) is 5.50. The number of ether oxygens (including phenoxy) is 2. The van der Waals surface area contributed by atoms with Crippen LogP contribution in [0.5, 0.6) is 0 Å².